The molecule has 0 bridgehead atoms. The van der Waals surface area contributed by atoms with E-state index in [1.54, 1.807) is 0 Å². The molecule has 124 valence electrons. The van der Waals surface area contributed by atoms with E-state index < -0.39 is 0 Å². The van der Waals surface area contributed by atoms with Gasteiger partial charge in [0.05, 0.1) is 0 Å². The summed E-state index contributed by atoms with van der Waals surface area (Å²) in [6, 6.07) is 0.739. The van der Waals surface area contributed by atoms with Crippen LogP contribution in [-0.2, 0) is 4.74 Å². The highest BCUT2D eigenvalue weighted by Gasteiger charge is 2.37. The summed E-state index contributed by atoms with van der Waals surface area (Å²) in [6.07, 6.45) is 5.21. The highest BCUT2D eigenvalue weighted by Crippen LogP contribution is 2.34. The third-order valence-electron chi connectivity index (χ3n) is 5.65. The summed E-state index contributed by atoms with van der Waals surface area (Å²) in [7, 11) is 0. The fourth-order valence-electron chi connectivity index (χ4n) is 3.90. The Bertz CT molecular complexity index is 300. The molecule has 0 radical (unpaired) electrons. The van der Waals surface area contributed by atoms with E-state index in [2.05, 4.69) is 37.9 Å². The molecular formula is C18H36N2O. The van der Waals surface area contributed by atoms with Crippen LogP contribution in [0.3, 0.4) is 0 Å². The monoisotopic (exact) mass is 296 g/mol. The highest BCUT2D eigenvalue weighted by atomic mass is 16.5. The quantitative estimate of drug-likeness (QED) is 0.815. The lowest BCUT2D eigenvalue weighted by atomic mass is 9.78. The minimum Gasteiger partial charge on any atom is -0.381 e. The number of nitrogens with one attached hydrogen (secondary N) is 1. The molecule has 2 heterocycles. The molecule has 0 aromatic heterocycles. The van der Waals surface area contributed by atoms with E-state index in [4.69, 9.17) is 4.74 Å². The molecule has 2 aliphatic rings. The van der Waals surface area contributed by atoms with Crippen molar-refractivity contribution in [3.05, 3.63) is 0 Å². The van der Waals surface area contributed by atoms with E-state index in [0.29, 0.717) is 5.41 Å². The van der Waals surface area contributed by atoms with Gasteiger partial charge in [0.25, 0.3) is 0 Å². The van der Waals surface area contributed by atoms with Crippen LogP contribution in [-0.4, -0.2) is 50.3 Å². The van der Waals surface area contributed by atoms with Gasteiger partial charge in [0, 0.05) is 32.3 Å². The summed E-state index contributed by atoms with van der Waals surface area (Å²) in [4.78, 5) is 2.76. The lowest BCUT2D eigenvalue weighted by Gasteiger charge is -2.46. The summed E-state index contributed by atoms with van der Waals surface area (Å²) in [6.45, 7) is 16.2. The maximum atomic E-state index is 5.64. The van der Waals surface area contributed by atoms with Gasteiger partial charge in [-0.25, -0.2) is 0 Å². The van der Waals surface area contributed by atoms with E-state index in [1.165, 1.54) is 38.8 Å². The zero-order valence-corrected chi connectivity index (χ0v) is 14.7. The maximum absolute atomic E-state index is 5.64. The largest absolute Gasteiger partial charge is 0.381 e. The molecule has 1 N–H and O–H groups in total. The molecule has 0 aromatic carbocycles. The molecule has 0 aromatic rings. The topological polar surface area (TPSA) is 24.5 Å². The smallest absolute Gasteiger partial charge is 0.0472 e. The van der Waals surface area contributed by atoms with Crippen LogP contribution in [0.2, 0.25) is 0 Å². The predicted molar refractivity (Wildman–Crippen MR) is 89.6 cm³/mol. The van der Waals surface area contributed by atoms with Gasteiger partial charge in [0.15, 0.2) is 0 Å². The summed E-state index contributed by atoms with van der Waals surface area (Å²) in [5.41, 5.74) is 0.429. The minimum atomic E-state index is 0.429. The van der Waals surface area contributed by atoms with Gasteiger partial charge in [-0.15, -0.1) is 0 Å². The standard InChI is InChI=1S/C18H36N2O/c1-15(2)12-19-13-18(7-10-21-11-8-18)14-20-9-5-6-16(3)17(20)4/h15-17,19H,5-14H2,1-4H3. The summed E-state index contributed by atoms with van der Waals surface area (Å²) in [5.74, 6) is 1.58. The van der Waals surface area contributed by atoms with Gasteiger partial charge in [-0.3, -0.25) is 4.90 Å². The fraction of sp³-hybridized carbons (Fsp3) is 1.00. The Morgan fingerprint density at radius 1 is 1.24 bits per heavy atom. The van der Waals surface area contributed by atoms with Gasteiger partial charge in [-0.05, 0) is 62.9 Å². The molecule has 2 aliphatic heterocycles. The van der Waals surface area contributed by atoms with Gasteiger partial charge in [-0.2, -0.15) is 0 Å². The first-order chi connectivity index (χ1) is 10.0. The number of piperidine rings is 1. The Morgan fingerprint density at radius 2 is 1.95 bits per heavy atom. The molecule has 2 fully saturated rings. The van der Waals surface area contributed by atoms with Gasteiger partial charge in [0.2, 0.25) is 0 Å². The first-order valence-electron chi connectivity index (χ1n) is 9.05. The van der Waals surface area contributed by atoms with Crippen LogP contribution in [0.15, 0.2) is 0 Å². The van der Waals surface area contributed by atoms with Crippen molar-refractivity contribution in [1.29, 1.82) is 0 Å². The van der Waals surface area contributed by atoms with Crippen LogP contribution in [0.5, 0.6) is 0 Å². The first kappa shape index (κ1) is 17.2. The van der Waals surface area contributed by atoms with Gasteiger partial charge < -0.3 is 10.1 Å². The van der Waals surface area contributed by atoms with Crippen LogP contribution >= 0.6 is 0 Å². The van der Waals surface area contributed by atoms with Crippen LogP contribution in [0.1, 0.15) is 53.4 Å². The third kappa shape index (κ3) is 4.94. The van der Waals surface area contributed by atoms with Crippen molar-refractivity contribution in [1.82, 2.24) is 10.2 Å². The van der Waals surface area contributed by atoms with Crippen molar-refractivity contribution in [2.24, 2.45) is 17.3 Å². The first-order valence-corrected chi connectivity index (χ1v) is 9.05. The Hall–Kier alpha value is -0.120. The SMILES string of the molecule is CC(C)CNCC1(CN2CCCC(C)C2C)CCOCC1. The summed E-state index contributed by atoms with van der Waals surface area (Å²) >= 11 is 0. The van der Waals surface area contributed by atoms with Crippen molar-refractivity contribution in [2.45, 2.75) is 59.4 Å². The summed E-state index contributed by atoms with van der Waals surface area (Å²) in [5, 5.41) is 3.73. The normalized spacial score (nSPS) is 30.7. The van der Waals surface area contributed by atoms with Gasteiger partial charge in [-0.1, -0.05) is 20.8 Å². The van der Waals surface area contributed by atoms with Gasteiger partial charge in [0.1, 0.15) is 0 Å². The van der Waals surface area contributed by atoms with E-state index in [9.17, 15) is 0 Å². The zero-order valence-electron chi connectivity index (χ0n) is 14.7. The van der Waals surface area contributed by atoms with Crippen molar-refractivity contribution in [2.75, 3.05) is 39.4 Å². The number of ether oxygens (including phenoxy) is 1. The minimum absolute atomic E-state index is 0.429. The fourth-order valence-corrected chi connectivity index (χ4v) is 3.90. The molecule has 3 nitrogen and oxygen atoms in total. The second-order valence-electron chi connectivity index (χ2n) is 7.97. The number of rotatable bonds is 6. The second-order valence-corrected chi connectivity index (χ2v) is 7.97. The average molecular weight is 296 g/mol. The second kappa shape index (κ2) is 7.94. The Morgan fingerprint density at radius 3 is 2.62 bits per heavy atom. The highest BCUT2D eigenvalue weighted by molar-refractivity contribution is 4.90. The molecule has 0 saturated carbocycles. The van der Waals surface area contributed by atoms with E-state index >= 15 is 0 Å². The Labute approximate surface area is 131 Å². The maximum Gasteiger partial charge on any atom is 0.0472 e. The molecule has 2 atom stereocenters. The van der Waals surface area contributed by atoms with E-state index in [-0.39, 0.29) is 0 Å². The predicted octanol–water partition coefficient (Wildman–Crippen LogP) is 3.15. The molecular weight excluding hydrogens is 260 g/mol. The average Bonchev–Trinajstić information content (AvgIpc) is 2.44. The zero-order chi connectivity index (χ0) is 15.3. The molecule has 2 saturated heterocycles. The Balaban J connectivity index is 1.94. The molecule has 21 heavy (non-hydrogen) atoms. The number of likely N-dealkylation sites (tertiary alicyclic amines) is 1. The van der Waals surface area contributed by atoms with E-state index in [0.717, 1.165) is 44.2 Å². The van der Waals surface area contributed by atoms with E-state index in [1.807, 2.05) is 0 Å². The number of hydrogen-bond donors (Lipinski definition) is 1. The molecule has 3 heteroatoms. The van der Waals surface area contributed by atoms with Gasteiger partial charge >= 0.3 is 0 Å². The van der Waals surface area contributed by atoms with Crippen molar-refractivity contribution in [3.63, 3.8) is 0 Å². The molecule has 0 spiro atoms. The van der Waals surface area contributed by atoms with Crippen molar-refractivity contribution >= 4 is 0 Å². The third-order valence-corrected chi connectivity index (χ3v) is 5.65. The lowest BCUT2D eigenvalue weighted by molar-refractivity contribution is -0.0221. The summed E-state index contributed by atoms with van der Waals surface area (Å²) < 4.78 is 5.64. The molecule has 0 aliphatic carbocycles. The van der Waals surface area contributed by atoms with Crippen molar-refractivity contribution in [3.8, 4) is 0 Å². The van der Waals surface area contributed by atoms with Crippen LogP contribution < -0.4 is 5.32 Å². The molecule has 2 rings (SSSR count). The van der Waals surface area contributed by atoms with Crippen molar-refractivity contribution < 1.29 is 4.74 Å². The van der Waals surface area contributed by atoms with Crippen LogP contribution in [0, 0.1) is 17.3 Å². The molecule has 0 amide bonds. The van der Waals surface area contributed by atoms with Crippen LogP contribution in [0.25, 0.3) is 0 Å². The van der Waals surface area contributed by atoms with Crippen LogP contribution in [0.4, 0.5) is 0 Å². The number of nitrogens with zero attached hydrogens (tertiary/aromatic N) is 1. The number of hydrogen-bond acceptors (Lipinski definition) is 3. The Kier molecular flexibility index (Phi) is 6.51. The molecule has 2 unspecified atom stereocenters. The lowest BCUT2D eigenvalue weighted by Crippen LogP contribution is -2.52.